The largest absolute Gasteiger partial charge is 0.462 e. The fourth-order valence-electron chi connectivity index (χ4n) is 1.85. The van der Waals surface area contributed by atoms with E-state index in [4.69, 9.17) is 4.74 Å². The number of hydrogen-bond acceptors (Lipinski definition) is 2. The van der Waals surface area contributed by atoms with Crippen molar-refractivity contribution >= 4 is 5.97 Å². The van der Waals surface area contributed by atoms with Gasteiger partial charge in [0.25, 0.3) is 0 Å². The predicted molar refractivity (Wildman–Crippen MR) is 57.1 cm³/mol. The molecule has 0 aromatic heterocycles. The first-order chi connectivity index (χ1) is 6.83. The van der Waals surface area contributed by atoms with Crippen LogP contribution in [-0.2, 0) is 9.53 Å². The smallest absolute Gasteiger partial charge is 0.309 e. The van der Waals surface area contributed by atoms with Gasteiger partial charge in [-0.1, -0.05) is 45.4 Å². The standard InChI is InChI=1S/C12H22O2/c1-2-3-4-5-6-7-8-9-11-10-12(13)14-11/h11H,2-10H2,1H3/t11-/m0/s1. The van der Waals surface area contributed by atoms with Crippen molar-refractivity contribution in [2.24, 2.45) is 0 Å². The molecular formula is C12H22O2. The number of rotatable bonds is 8. The summed E-state index contributed by atoms with van der Waals surface area (Å²) >= 11 is 0. The molecule has 0 saturated carbocycles. The second-order valence-corrected chi connectivity index (χ2v) is 4.23. The summed E-state index contributed by atoms with van der Waals surface area (Å²) < 4.78 is 4.95. The molecule has 1 aliphatic rings. The van der Waals surface area contributed by atoms with E-state index in [1.165, 1.54) is 44.9 Å². The lowest BCUT2D eigenvalue weighted by Gasteiger charge is -2.25. The minimum atomic E-state index is -0.0158. The minimum absolute atomic E-state index is 0.0158. The summed E-state index contributed by atoms with van der Waals surface area (Å²) in [5.74, 6) is -0.0158. The first-order valence-electron chi connectivity index (χ1n) is 6.02. The number of carbonyl (C=O) groups is 1. The van der Waals surface area contributed by atoms with E-state index < -0.39 is 0 Å². The molecule has 0 spiro atoms. The number of ether oxygens (including phenoxy) is 1. The van der Waals surface area contributed by atoms with Gasteiger partial charge < -0.3 is 4.74 Å². The van der Waals surface area contributed by atoms with Crippen molar-refractivity contribution in [3.05, 3.63) is 0 Å². The molecule has 1 heterocycles. The van der Waals surface area contributed by atoms with Gasteiger partial charge in [-0.25, -0.2) is 0 Å². The average molecular weight is 198 g/mol. The lowest BCUT2D eigenvalue weighted by Crippen LogP contribution is -2.32. The van der Waals surface area contributed by atoms with Gasteiger partial charge in [-0.05, 0) is 12.8 Å². The molecule has 0 radical (unpaired) electrons. The zero-order valence-electron chi connectivity index (χ0n) is 9.26. The van der Waals surface area contributed by atoms with Gasteiger partial charge in [-0.15, -0.1) is 0 Å². The summed E-state index contributed by atoms with van der Waals surface area (Å²) in [6.45, 7) is 2.24. The van der Waals surface area contributed by atoms with Gasteiger partial charge in [0, 0.05) is 0 Å². The molecular weight excluding hydrogens is 176 g/mol. The third kappa shape index (κ3) is 4.64. The topological polar surface area (TPSA) is 26.3 Å². The maximum atomic E-state index is 10.5. The number of cyclic esters (lactones) is 1. The van der Waals surface area contributed by atoms with Crippen molar-refractivity contribution in [1.29, 1.82) is 0 Å². The highest BCUT2D eigenvalue weighted by atomic mass is 16.6. The SMILES string of the molecule is CCCCCCCCC[C@H]1CC(=O)O1. The summed E-state index contributed by atoms with van der Waals surface area (Å²) in [6.07, 6.45) is 11.3. The molecule has 0 unspecified atom stereocenters. The highest BCUT2D eigenvalue weighted by Gasteiger charge is 2.27. The third-order valence-electron chi connectivity index (χ3n) is 2.82. The van der Waals surface area contributed by atoms with Gasteiger partial charge in [0.15, 0.2) is 0 Å². The number of esters is 1. The van der Waals surface area contributed by atoms with Crippen LogP contribution in [0.2, 0.25) is 0 Å². The quantitative estimate of drug-likeness (QED) is 0.441. The first-order valence-corrected chi connectivity index (χ1v) is 6.02. The fourth-order valence-corrected chi connectivity index (χ4v) is 1.85. The third-order valence-corrected chi connectivity index (χ3v) is 2.82. The van der Waals surface area contributed by atoms with Crippen molar-refractivity contribution in [2.75, 3.05) is 0 Å². The molecule has 1 atom stereocenters. The van der Waals surface area contributed by atoms with Crippen molar-refractivity contribution in [3.8, 4) is 0 Å². The van der Waals surface area contributed by atoms with Gasteiger partial charge in [-0.3, -0.25) is 4.79 Å². The van der Waals surface area contributed by atoms with Gasteiger partial charge in [0.05, 0.1) is 6.42 Å². The molecule has 1 saturated heterocycles. The van der Waals surface area contributed by atoms with Crippen molar-refractivity contribution in [3.63, 3.8) is 0 Å². The van der Waals surface area contributed by atoms with Crippen LogP contribution in [0.15, 0.2) is 0 Å². The van der Waals surface area contributed by atoms with Gasteiger partial charge in [0.2, 0.25) is 0 Å². The summed E-state index contributed by atoms with van der Waals surface area (Å²) in [4.78, 5) is 10.5. The normalized spacial score (nSPS) is 20.4. The molecule has 2 heteroatoms. The van der Waals surface area contributed by atoms with Crippen LogP contribution in [0, 0.1) is 0 Å². The van der Waals surface area contributed by atoms with Gasteiger partial charge in [-0.2, -0.15) is 0 Å². The molecule has 0 bridgehead atoms. The Balaban J connectivity index is 1.74. The van der Waals surface area contributed by atoms with E-state index in [1.807, 2.05) is 0 Å². The highest BCUT2D eigenvalue weighted by molar-refractivity contribution is 5.75. The van der Waals surface area contributed by atoms with Gasteiger partial charge in [0.1, 0.15) is 6.10 Å². The highest BCUT2D eigenvalue weighted by Crippen LogP contribution is 2.20. The zero-order chi connectivity index (χ0) is 10.2. The van der Waals surface area contributed by atoms with Crippen LogP contribution < -0.4 is 0 Å². The van der Waals surface area contributed by atoms with Crippen LogP contribution in [0.1, 0.15) is 64.7 Å². The number of hydrogen-bond donors (Lipinski definition) is 0. The van der Waals surface area contributed by atoms with Crippen LogP contribution in [0.4, 0.5) is 0 Å². The molecule has 1 fully saturated rings. The Hall–Kier alpha value is -0.530. The van der Waals surface area contributed by atoms with Crippen LogP contribution in [0.25, 0.3) is 0 Å². The summed E-state index contributed by atoms with van der Waals surface area (Å²) in [7, 11) is 0. The van der Waals surface area contributed by atoms with Gasteiger partial charge >= 0.3 is 5.97 Å². The van der Waals surface area contributed by atoms with E-state index in [2.05, 4.69) is 6.92 Å². The Bertz CT molecular complexity index is 158. The van der Waals surface area contributed by atoms with Crippen LogP contribution >= 0.6 is 0 Å². The van der Waals surface area contributed by atoms with Crippen molar-refractivity contribution in [2.45, 2.75) is 70.8 Å². The molecule has 0 N–H and O–H groups in total. The summed E-state index contributed by atoms with van der Waals surface area (Å²) in [5, 5.41) is 0. The van der Waals surface area contributed by atoms with Crippen LogP contribution in [-0.4, -0.2) is 12.1 Å². The first kappa shape index (κ1) is 11.5. The van der Waals surface area contributed by atoms with E-state index in [1.54, 1.807) is 0 Å². The molecule has 1 rings (SSSR count). The second-order valence-electron chi connectivity index (χ2n) is 4.23. The molecule has 14 heavy (non-hydrogen) atoms. The Morgan fingerprint density at radius 2 is 1.71 bits per heavy atom. The monoisotopic (exact) mass is 198 g/mol. The van der Waals surface area contributed by atoms with E-state index in [9.17, 15) is 4.79 Å². The second kappa shape index (κ2) is 6.86. The molecule has 1 aliphatic heterocycles. The maximum absolute atomic E-state index is 10.5. The maximum Gasteiger partial charge on any atom is 0.309 e. The summed E-state index contributed by atoms with van der Waals surface area (Å²) in [6, 6.07) is 0. The van der Waals surface area contributed by atoms with E-state index >= 15 is 0 Å². The molecule has 0 aliphatic carbocycles. The lowest BCUT2D eigenvalue weighted by molar-refractivity contribution is -0.169. The van der Waals surface area contributed by atoms with Crippen LogP contribution in [0.3, 0.4) is 0 Å². The molecule has 0 amide bonds. The fraction of sp³-hybridized carbons (Fsp3) is 0.917. The lowest BCUT2D eigenvalue weighted by atomic mass is 10.0. The molecule has 0 aromatic carbocycles. The molecule has 82 valence electrons. The predicted octanol–water partition coefficient (Wildman–Crippen LogP) is 3.44. The summed E-state index contributed by atoms with van der Waals surface area (Å²) in [5.41, 5.74) is 0. The van der Waals surface area contributed by atoms with Crippen LogP contribution in [0.5, 0.6) is 0 Å². The Labute approximate surface area is 87.0 Å². The van der Waals surface area contributed by atoms with E-state index in [0.717, 1.165) is 6.42 Å². The number of unbranched alkanes of at least 4 members (excludes halogenated alkanes) is 6. The average Bonchev–Trinajstić information content (AvgIpc) is 2.13. The van der Waals surface area contributed by atoms with E-state index in [-0.39, 0.29) is 12.1 Å². The molecule has 0 aromatic rings. The number of carbonyl (C=O) groups excluding carboxylic acids is 1. The van der Waals surface area contributed by atoms with Crippen molar-refractivity contribution in [1.82, 2.24) is 0 Å². The van der Waals surface area contributed by atoms with Crippen molar-refractivity contribution < 1.29 is 9.53 Å². The Kier molecular flexibility index (Phi) is 5.65. The Morgan fingerprint density at radius 1 is 1.14 bits per heavy atom. The minimum Gasteiger partial charge on any atom is -0.462 e. The molecule has 2 nitrogen and oxygen atoms in total. The van der Waals surface area contributed by atoms with E-state index in [0.29, 0.717) is 6.42 Å². The Morgan fingerprint density at radius 3 is 2.29 bits per heavy atom. The zero-order valence-corrected chi connectivity index (χ0v) is 9.26.